The van der Waals surface area contributed by atoms with Crippen molar-refractivity contribution in [3.63, 3.8) is 0 Å². The highest BCUT2D eigenvalue weighted by atomic mass is 14.8. The number of benzene rings is 1. The summed E-state index contributed by atoms with van der Waals surface area (Å²) in [6.07, 6.45) is 1.75. The van der Waals surface area contributed by atoms with E-state index in [4.69, 9.17) is 0 Å². The molecule has 0 radical (unpaired) electrons. The van der Waals surface area contributed by atoms with Crippen LogP contribution in [0.15, 0.2) is 43.0 Å². The van der Waals surface area contributed by atoms with Gasteiger partial charge in [-0.3, -0.25) is 0 Å². The fourth-order valence-corrected chi connectivity index (χ4v) is 0.760. The van der Waals surface area contributed by atoms with Gasteiger partial charge in [-0.2, -0.15) is 0 Å². The van der Waals surface area contributed by atoms with Gasteiger partial charge in [0.15, 0.2) is 0 Å². The van der Waals surface area contributed by atoms with Crippen molar-refractivity contribution in [1.82, 2.24) is 0 Å². The molecule has 0 bridgehead atoms. The van der Waals surface area contributed by atoms with E-state index in [1.807, 2.05) is 25.1 Å². The third-order valence-corrected chi connectivity index (χ3v) is 1.15. The van der Waals surface area contributed by atoms with Gasteiger partial charge < -0.3 is 5.32 Å². The molecular formula is C11H17N. The third-order valence-electron chi connectivity index (χ3n) is 1.15. The molecule has 1 N–H and O–H groups in total. The zero-order valence-corrected chi connectivity index (χ0v) is 7.88. The van der Waals surface area contributed by atoms with Crippen LogP contribution in [0.25, 0.3) is 0 Å². The fourth-order valence-electron chi connectivity index (χ4n) is 0.760. The number of nitrogens with one attached hydrogen (secondary N) is 1. The molecule has 0 aliphatic heterocycles. The van der Waals surface area contributed by atoms with Gasteiger partial charge in [0.1, 0.15) is 0 Å². The maximum absolute atomic E-state index is 3.36. The predicted octanol–water partition coefficient (Wildman–Crippen LogP) is 3.31. The number of rotatable bonds is 2. The first-order chi connectivity index (χ1) is 5.85. The van der Waals surface area contributed by atoms with E-state index in [2.05, 4.69) is 31.0 Å². The molecule has 0 aliphatic rings. The number of para-hydroxylation sites is 1. The molecule has 0 heterocycles. The van der Waals surface area contributed by atoms with Crippen LogP contribution < -0.4 is 5.32 Å². The van der Waals surface area contributed by atoms with Gasteiger partial charge in [-0.15, -0.1) is 6.58 Å². The minimum absolute atomic E-state index is 0.990. The molecule has 12 heavy (non-hydrogen) atoms. The Labute approximate surface area is 75.1 Å². The van der Waals surface area contributed by atoms with Crippen molar-refractivity contribution in [2.75, 3.05) is 11.9 Å². The summed E-state index contributed by atoms with van der Waals surface area (Å²) in [5.74, 6) is 0. The van der Waals surface area contributed by atoms with Gasteiger partial charge in [0.2, 0.25) is 0 Å². The Bertz CT molecular complexity index is 191. The van der Waals surface area contributed by atoms with E-state index < -0.39 is 0 Å². The predicted molar refractivity (Wildman–Crippen MR) is 56.5 cm³/mol. The van der Waals surface area contributed by atoms with E-state index in [-0.39, 0.29) is 0 Å². The first-order valence-electron chi connectivity index (χ1n) is 4.21. The molecule has 0 aliphatic carbocycles. The van der Waals surface area contributed by atoms with Gasteiger partial charge in [-0.05, 0) is 26.0 Å². The highest BCUT2D eigenvalue weighted by molar-refractivity contribution is 5.41. The van der Waals surface area contributed by atoms with Gasteiger partial charge in [0, 0.05) is 12.2 Å². The standard InChI is InChI=1S/C8H11N.C3H6/c1-2-9-8-6-4-3-5-7-8;1-3-2/h3-7,9H,2H2,1H3;3H,1H2,2H3. The topological polar surface area (TPSA) is 12.0 Å². The number of anilines is 1. The summed E-state index contributed by atoms with van der Waals surface area (Å²) < 4.78 is 0. The van der Waals surface area contributed by atoms with Crippen molar-refractivity contribution in [3.8, 4) is 0 Å². The average Bonchev–Trinajstić information content (AvgIpc) is 2.08. The molecule has 0 atom stereocenters. The molecule has 1 nitrogen and oxygen atoms in total. The van der Waals surface area contributed by atoms with Crippen LogP contribution in [0.1, 0.15) is 13.8 Å². The molecule has 0 amide bonds. The molecule has 1 heteroatoms. The minimum Gasteiger partial charge on any atom is -0.385 e. The number of allylic oxidation sites excluding steroid dienone is 1. The van der Waals surface area contributed by atoms with E-state index in [0.29, 0.717) is 0 Å². The maximum Gasteiger partial charge on any atom is 0.0340 e. The Kier molecular flexibility index (Phi) is 7.05. The first-order valence-corrected chi connectivity index (χ1v) is 4.21. The second-order valence-corrected chi connectivity index (χ2v) is 2.30. The van der Waals surface area contributed by atoms with E-state index in [9.17, 15) is 0 Å². The number of hydrogen-bond acceptors (Lipinski definition) is 1. The van der Waals surface area contributed by atoms with Crippen LogP contribution in [0.5, 0.6) is 0 Å². The highest BCUT2D eigenvalue weighted by Crippen LogP contribution is 2.02. The number of hydrogen-bond donors (Lipinski definition) is 1. The van der Waals surface area contributed by atoms with Crippen molar-refractivity contribution in [1.29, 1.82) is 0 Å². The van der Waals surface area contributed by atoms with E-state index in [1.165, 1.54) is 5.69 Å². The summed E-state index contributed by atoms with van der Waals surface area (Å²) in [6, 6.07) is 10.2. The summed E-state index contributed by atoms with van der Waals surface area (Å²) in [6.45, 7) is 8.33. The van der Waals surface area contributed by atoms with Crippen LogP contribution in [0.3, 0.4) is 0 Å². The molecule has 0 saturated heterocycles. The lowest BCUT2D eigenvalue weighted by molar-refractivity contribution is 1.21. The van der Waals surface area contributed by atoms with E-state index >= 15 is 0 Å². The van der Waals surface area contributed by atoms with Crippen molar-refractivity contribution in [2.24, 2.45) is 0 Å². The molecular weight excluding hydrogens is 146 g/mol. The lowest BCUT2D eigenvalue weighted by Crippen LogP contribution is -1.94. The zero-order chi connectivity index (χ0) is 9.23. The van der Waals surface area contributed by atoms with Crippen molar-refractivity contribution in [2.45, 2.75) is 13.8 Å². The molecule has 1 aromatic carbocycles. The van der Waals surface area contributed by atoms with Gasteiger partial charge in [-0.25, -0.2) is 0 Å². The highest BCUT2D eigenvalue weighted by Gasteiger charge is 1.81. The fraction of sp³-hybridized carbons (Fsp3) is 0.273. The Morgan fingerprint density at radius 3 is 2.25 bits per heavy atom. The monoisotopic (exact) mass is 163 g/mol. The largest absolute Gasteiger partial charge is 0.385 e. The third kappa shape index (κ3) is 5.54. The van der Waals surface area contributed by atoms with Crippen LogP contribution in [0.2, 0.25) is 0 Å². The second kappa shape index (κ2) is 7.86. The van der Waals surface area contributed by atoms with Crippen LogP contribution >= 0.6 is 0 Å². The Morgan fingerprint density at radius 1 is 1.33 bits per heavy atom. The van der Waals surface area contributed by atoms with Crippen LogP contribution in [0, 0.1) is 0 Å². The molecule has 66 valence electrons. The van der Waals surface area contributed by atoms with Crippen LogP contribution in [-0.2, 0) is 0 Å². The van der Waals surface area contributed by atoms with Gasteiger partial charge >= 0.3 is 0 Å². The molecule has 0 aromatic heterocycles. The Morgan fingerprint density at radius 2 is 1.83 bits per heavy atom. The SMILES string of the molecule is C=CC.CCNc1ccccc1. The molecule has 0 fully saturated rings. The van der Waals surface area contributed by atoms with Gasteiger partial charge in [0.25, 0.3) is 0 Å². The summed E-state index contributed by atoms with van der Waals surface area (Å²) in [7, 11) is 0. The average molecular weight is 163 g/mol. The van der Waals surface area contributed by atoms with Crippen molar-refractivity contribution in [3.05, 3.63) is 43.0 Å². The second-order valence-electron chi connectivity index (χ2n) is 2.30. The lowest BCUT2D eigenvalue weighted by Gasteiger charge is -1.99. The minimum atomic E-state index is 0.990. The first kappa shape index (κ1) is 10.8. The Balaban J connectivity index is 0.000000354. The lowest BCUT2D eigenvalue weighted by atomic mass is 10.3. The molecule has 1 rings (SSSR count). The molecule has 0 unspecified atom stereocenters. The quantitative estimate of drug-likeness (QED) is 0.659. The van der Waals surface area contributed by atoms with E-state index in [1.54, 1.807) is 6.08 Å². The molecule has 0 saturated carbocycles. The van der Waals surface area contributed by atoms with Crippen LogP contribution in [0.4, 0.5) is 5.69 Å². The summed E-state index contributed by atoms with van der Waals surface area (Å²) in [5.41, 5.74) is 1.19. The smallest absolute Gasteiger partial charge is 0.0340 e. The Hall–Kier alpha value is -1.24. The maximum atomic E-state index is 3.36. The summed E-state index contributed by atoms with van der Waals surface area (Å²) in [4.78, 5) is 0. The van der Waals surface area contributed by atoms with E-state index in [0.717, 1.165) is 6.54 Å². The summed E-state index contributed by atoms with van der Waals surface area (Å²) in [5, 5.41) is 3.21. The molecule has 0 spiro atoms. The van der Waals surface area contributed by atoms with Crippen LogP contribution in [-0.4, -0.2) is 6.54 Å². The summed E-state index contributed by atoms with van der Waals surface area (Å²) >= 11 is 0. The van der Waals surface area contributed by atoms with Crippen molar-refractivity contribution >= 4 is 5.69 Å². The van der Waals surface area contributed by atoms with Gasteiger partial charge in [0.05, 0.1) is 0 Å². The molecule has 1 aromatic rings. The normalized spacial score (nSPS) is 7.83. The van der Waals surface area contributed by atoms with Crippen molar-refractivity contribution < 1.29 is 0 Å². The van der Waals surface area contributed by atoms with Gasteiger partial charge in [-0.1, -0.05) is 24.3 Å². The zero-order valence-electron chi connectivity index (χ0n) is 7.88.